The zero-order chi connectivity index (χ0) is 15.0. The molecule has 1 spiro atoms. The minimum absolute atomic E-state index is 0.0239. The second-order valence-corrected chi connectivity index (χ2v) is 6.09. The molecule has 0 unspecified atom stereocenters. The summed E-state index contributed by atoms with van der Waals surface area (Å²) >= 11 is 0. The Bertz CT molecular complexity index is 540. The van der Waals surface area contributed by atoms with E-state index in [9.17, 15) is 9.59 Å². The number of hydrogen-bond acceptors (Lipinski definition) is 4. The predicted octanol–water partition coefficient (Wildman–Crippen LogP) is 2.63. The quantitative estimate of drug-likeness (QED) is 0.744. The van der Waals surface area contributed by atoms with Gasteiger partial charge in [0.25, 0.3) is 0 Å². The summed E-state index contributed by atoms with van der Waals surface area (Å²) in [7, 11) is 0. The molecule has 0 aromatic heterocycles. The molecule has 2 aliphatic rings. The first-order valence-electron chi connectivity index (χ1n) is 6.96. The third kappa shape index (κ3) is 2.74. The summed E-state index contributed by atoms with van der Waals surface area (Å²) in [5.41, 5.74) is 0.864. The van der Waals surface area contributed by atoms with Crippen LogP contribution < -0.4 is 0 Å². The van der Waals surface area contributed by atoms with Crippen molar-refractivity contribution in [1.82, 2.24) is 0 Å². The first-order chi connectivity index (χ1) is 9.28. The van der Waals surface area contributed by atoms with E-state index in [1.165, 1.54) is 0 Å². The summed E-state index contributed by atoms with van der Waals surface area (Å²) in [6.07, 6.45) is 6.38. The molecule has 4 nitrogen and oxygen atoms in total. The highest BCUT2D eigenvalue weighted by atomic mass is 16.5. The molecule has 108 valence electrons. The van der Waals surface area contributed by atoms with Crippen LogP contribution in [0.4, 0.5) is 0 Å². The standard InChI is InChI=1S/C16H21NO3/c1-5-20-14(19)8-13-16(10-15(3,4)17-13)7-6-12(18)11(2)9-16/h6-7,9H,5,8,10H2,1-4H3/t16-/m1/s1. The van der Waals surface area contributed by atoms with Gasteiger partial charge in [0.2, 0.25) is 0 Å². The van der Waals surface area contributed by atoms with Gasteiger partial charge >= 0.3 is 5.97 Å². The van der Waals surface area contributed by atoms with Crippen molar-refractivity contribution in [2.24, 2.45) is 10.4 Å². The highest BCUT2D eigenvalue weighted by Crippen LogP contribution is 2.45. The zero-order valence-corrected chi connectivity index (χ0v) is 12.5. The van der Waals surface area contributed by atoms with E-state index >= 15 is 0 Å². The Morgan fingerprint density at radius 3 is 2.75 bits per heavy atom. The fourth-order valence-electron chi connectivity index (χ4n) is 3.03. The number of esters is 1. The number of carbonyl (C=O) groups is 2. The third-order valence-electron chi connectivity index (χ3n) is 3.71. The van der Waals surface area contributed by atoms with Gasteiger partial charge in [0.15, 0.2) is 5.78 Å². The molecule has 4 heteroatoms. The minimum atomic E-state index is -0.408. The van der Waals surface area contributed by atoms with Crippen molar-refractivity contribution in [2.75, 3.05) is 6.61 Å². The summed E-state index contributed by atoms with van der Waals surface area (Å²) in [4.78, 5) is 28.1. The Hall–Kier alpha value is -1.71. The lowest BCUT2D eigenvalue weighted by Gasteiger charge is -2.28. The maximum atomic E-state index is 11.8. The van der Waals surface area contributed by atoms with Crippen LogP contribution in [0.15, 0.2) is 28.8 Å². The molecule has 0 saturated carbocycles. The third-order valence-corrected chi connectivity index (χ3v) is 3.71. The second kappa shape index (κ2) is 5.00. The molecule has 0 amide bonds. The first kappa shape index (κ1) is 14.7. The number of aliphatic imine (C=N–C) groups is 1. The van der Waals surface area contributed by atoms with Crippen LogP contribution in [0.2, 0.25) is 0 Å². The highest BCUT2D eigenvalue weighted by molar-refractivity contribution is 6.11. The van der Waals surface area contributed by atoms with Crippen molar-refractivity contribution in [1.29, 1.82) is 0 Å². The lowest BCUT2D eigenvalue weighted by molar-refractivity contribution is -0.141. The van der Waals surface area contributed by atoms with E-state index in [2.05, 4.69) is 4.99 Å². The van der Waals surface area contributed by atoms with Crippen LogP contribution in [-0.2, 0) is 14.3 Å². The Labute approximate surface area is 119 Å². The molecule has 1 aliphatic carbocycles. The molecule has 0 aromatic rings. The van der Waals surface area contributed by atoms with Gasteiger partial charge in [-0.05, 0) is 45.8 Å². The molecule has 20 heavy (non-hydrogen) atoms. The molecular weight excluding hydrogens is 254 g/mol. The summed E-state index contributed by atoms with van der Waals surface area (Å²) < 4.78 is 5.02. The lowest BCUT2D eigenvalue weighted by atomic mass is 9.72. The van der Waals surface area contributed by atoms with Gasteiger partial charge in [0.1, 0.15) is 0 Å². The molecule has 2 rings (SSSR count). The van der Waals surface area contributed by atoms with Crippen molar-refractivity contribution in [3.63, 3.8) is 0 Å². The zero-order valence-electron chi connectivity index (χ0n) is 12.5. The Morgan fingerprint density at radius 1 is 1.45 bits per heavy atom. The van der Waals surface area contributed by atoms with E-state index in [0.29, 0.717) is 12.2 Å². The van der Waals surface area contributed by atoms with Crippen LogP contribution in [-0.4, -0.2) is 29.6 Å². The van der Waals surface area contributed by atoms with E-state index in [-0.39, 0.29) is 23.7 Å². The van der Waals surface area contributed by atoms with E-state index in [1.54, 1.807) is 19.9 Å². The van der Waals surface area contributed by atoms with Gasteiger partial charge in [-0.3, -0.25) is 14.6 Å². The molecule has 1 aliphatic heterocycles. The minimum Gasteiger partial charge on any atom is -0.466 e. The smallest absolute Gasteiger partial charge is 0.311 e. The van der Waals surface area contributed by atoms with Crippen LogP contribution in [0.25, 0.3) is 0 Å². The molecule has 0 radical (unpaired) electrons. The number of ketones is 1. The van der Waals surface area contributed by atoms with Crippen LogP contribution >= 0.6 is 0 Å². The largest absolute Gasteiger partial charge is 0.466 e. The Balaban J connectivity index is 2.33. The molecule has 0 fully saturated rings. The van der Waals surface area contributed by atoms with Crippen LogP contribution in [0.3, 0.4) is 0 Å². The number of hydrogen-bond donors (Lipinski definition) is 0. The van der Waals surface area contributed by atoms with Gasteiger partial charge < -0.3 is 4.74 Å². The summed E-state index contributed by atoms with van der Waals surface area (Å²) in [5, 5.41) is 0. The monoisotopic (exact) mass is 275 g/mol. The van der Waals surface area contributed by atoms with E-state index in [1.807, 2.05) is 26.0 Å². The fraction of sp³-hybridized carbons (Fsp3) is 0.562. The molecule has 1 atom stereocenters. The second-order valence-electron chi connectivity index (χ2n) is 6.09. The number of allylic oxidation sites excluding steroid dienone is 4. The maximum absolute atomic E-state index is 11.8. The Kier molecular flexibility index (Phi) is 3.67. The van der Waals surface area contributed by atoms with Gasteiger partial charge in [-0.1, -0.05) is 12.2 Å². The summed E-state index contributed by atoms with van der Waals surface area (Å²) in [5.74, 6) is -0.240. The fourth-order valence-corrected chi connectivity index (χ4v) is 3.03. The number of carbonyl (C=O) groups excluding carboxylic acids is 2. The van der Waals surface area contributed by atoms with Crippen molar-refractivity contribution in [3.05, 3.63) is 23.8 Å². The van der Waals surface area contributed by atoms with Gasteiger partial charge in [-0.15, -0.1) is 0 Å². The number of rotatable bonds is 3. The Morgan fingerprint density at radius 2 is 2.15 bits per heavy atom. The molecule has 0 aromatic carbocycles. The summed E-state index contributed by atoms with van der Waals surface area (Å²) in [6, 6.07) is 0. The van der Waals surface area contributed by atoms with Crippen molar-refractivity contribution < 1.29 is 14.3 Å². The van der Waals surface area contributed by atoms with Gasteiger partial charge in [-0.2, -0.15) is 0 Å². The van der Waals surface area contributed by atoms with E-state index in [4.69, 9.17) is 4.74 Å². The van der Waals surface area contributed by atoms with Crippen molar-refractivity contribution in [3.8, 4) is 0 Å². The summed E-state index contributed by atoms with van der Waals surface area (Å²) in [6.45, 7) is 8.05. The number of ether oxygens (including phenoxy) is 1. The lowest BCUT2D eigenvalue weighted by Crippen LogP contribution is -2.30. The SMILES string of the molecule is CCOC(=O)CC1=NC(C)(C)C[C@]12C=CC(=O)C(C)=C2. The number of nitrogens with zero attached hydrogens (tertiary/aromatic N) is 1. The van der Waals surface area contributed by atoms with Crippen LogP contribution in [0, 0.1) is 5.41 Å². The molecular formula is C16H21NO3. The van der Waals surface area contributed by atoms with E-state index in [0.717, 1.165) is 12.1 Å². The van der Waals surface area contributed by atoms with Crippen molar-refractivity contribution >= 4 is 17.5 Å². The van der Waals surface area contributed by atoms with E-state index < -0.39 is 5.41 Å². The highest BCUT2D eigenvalue weighted by Gasteiger charge is 2.45. The van der Waals surface area contributed by atoms with Gasteiger partial charge in [-0.25, -0.2) is 0 Å². The predicted molar refractivity (Wildman–Crippen MR) is 77.7 cm³/mol. The van der Waals surface area contributed by atoms with Crippen molar-refractivity contribution in [2.45, 2.75) is 46.1 Å². The maximum Gasteiger partial charge on any atom is 0.311 e. The topological polar surface area (TPSA) is 55.7 Å². The van der Waals surface area contributed by atoms with Crippen LogP contribution in [0.5, 0.6) is 0 Å². The van der Waals surface area contributed by atoms with Gasteiger partial charge in [0.05, 0.1) is 18.6 Å². The average Bonchev–Trinajstić information content (AvgIpc) is 2.56. The first-order valence-corrected chi connectivity index (χ1v) is 6.96. The van der Waals surface area contributed by atoms with Gasteiger partial charge in [0, 0.05) is 11.1 Å². The molecule has 0 N–H and O–H groups in total. The molecule has 0 bridgehead atoms. The molecule has 1 heterocycles. The molecule has 0 saturated heterocycles. The van der Waals surface area contributed by atoms with Crippen LogP contribution in [0.1, 0.15) is 40.5 Å². The average molecular weight is 275 g/mol. The normalized spacial score (nSPS) is 27.5.